The predicted octanol–water partition coefficient (Wildman–Crippen LogP) is 4.03. The molecule has 1 rings (SSSR count). The van der Waals surface area contributed by atoms with Crippen molar-refractivity contribution in [1.29, 1.82) is 0 Å². The van der Waals surface area contributed by atoms with Gasteiger partial charge >= 0.3 is 0 Å². The molecule has 0 aromatic heterocycles. The fraction of sp³-hybridized carbons (Fsp3) is 0.462. The minimum absolute atomic E-state index is 0.751. The molecule has 0 N–H and O–H groups in total. The third kappa shape index (κ3) is 5.03. The van der Waals surface area contributed by atoms with E-state index in [0.717, 1.165) is 17.8 Å². The van der Waals surface area contributed by atoms with E-state index in [9.17, 15) is 4.79 Å². The molecule has 0 aliphatic heterocycles. The number of aldehydes is 1. The molecule has 0 unspecified atom stereocenters. The molecule has 0 saturated carbocycles. The zero-order chi connectivity index (χ0) is 11.1. The standard InChI is InChI=1S/C13H18OS/c1-11(2)4-3-9-15-13-7-5-12(10-14)6-8-13/h5-8,10-11H,3-4,9H2,1-2H3. The van der Waals surface area contributed by atoms with Crippen molar-refractivity contribution in [2.24, 2.45) is 5.92 Å². The second kappa shape index (κ2) is 6.67. The monoisotopic (exact) mass is 222 g/mol. The fourth-order valence-electron chi connectivity index (χ4n) is 1.32. The number of benzene rings is 1. The van der Waals surface area contributed by atoms with Crippen LogP contribution in [0.3, 0.4) is 0 Å². The summed E-state index contributed by atoms with van der Waals surface area (Å²) >= 11 is 1.87. The van der Waals surface area contributed by atoms with Crippen LogP contribution in [0.4, 0.5) is 0 Å². The molecule has 1 aromatic rings. The van der Waals surface area contributed by atoms with Crippen molar-refractivity contribution < 1.29 is 4.79 Å². The van der Waals surface area contributed by atoms with Gasteiger partial charge in [-0.3, -0.25) is 4.79 Å². The van der Waals surface area contributed by atoms with Crippen LogP contribution in [-0.4, -0.2) is 12.0 Å². The van der Waals surface area contributed by atoms with E-state index >= 15 is 0 Å². The molecule has 0 radical (unpaired) electrons. The molecule has 0 spiro atoms. The van der Waals surface area contributed by atoms with Crippen LogP contribution in [0.5, 0.6) is 0 Å². The molecule has 1 aromatic carbocycles. The summed E-state index contributed by atoms with van der Waals surface area (Å²) < 4.78 is 0. The lowest BCUT2D eigenvalue weighted by molar-refractivity contribution is 0.112. The Balaban J connectivity index is 2.28. The third-order valence-electron chi connectivity index (χ3n) is 2.21. The minimum atomic E-state index is 0.751. The van der Waals surface area contributed by atoms with Crippen molar-refractivity contribution in [2.45, 2.75) is 31.6 Å². The highest BCUT2D eigenvalue weighted by molar-refractivity contribution is 7.99. The largest absolute Gasteiger partial charge is 0.298 e. The molecule has 1 nitrogen and oxygen atoms in total. The van der Waals surface area contributed by atoms with Crippen LogP contribution >= 0.6 is 11.8 Å². The van der Waals surface area contributed by atoms with Gasteiger partial charge in [-0.25, -0.2) is 0 Å². The molecule has 0 fully saturated rings. The summed E-state index contributed by atoms with van der Waals surface area (Å²) in [6, 6.07) is 7.78. The molecule has 82 valence electrons. The maximum atomic E-state index is 10.4. The van der Waals surface area contributed by atoms with E-state index in [2.05, 4.69) is 13.8 Å². The normalized spacial score (nSPS) is 10.6. The van der Waals surface area contributed by atoms with E-state index in [1.54, 1.807) is 0 Å². The van der Waals surface area contributed by atoms with Crippen molar-refractivity contribution in [2.75, 3.05) is 5.75 Å². The van der Waals surface area contributed by atoms with E-state index in [1.807, 2.05) is 36.0 Å². The average Bonchev–Trinajstić information content (AvgIpc) is 2.25. The first kappa shape index (κ1) is 12.3. The van der Waals surface area contributed by atoms with Gasteiger partial charge in [0.15, 0.2) is 0 Å². The van der Waals surface area contributed by atoms with Crippen LogP contribution < -0.4 is 0 Å². The van der Waals surface area contributed by atoms with Gasteiger partial charge in [0.25, 0.3) is 0 Å². The third-order valence-corrected chi connectivity index (χ3v) is 3.31. The Morgan fingerprint density at radius 3 is 2.47 bits per heavy atom. The van der Waals surface area contributed by atoms with Gasteiger partial charge in [-0.2, -0.15) is 0 Å². The molecule has 0 heterocycles. The van der Waals surface area contributed by atoms with Gasteiger partial charge in [-0.15, -0.1) is 11.8 Å². The first-order chi connectivity index (χ1) is 7.22. The zero-order valence-corrected chi connectivity index (χ0v) is 10.2. The lowest BCUT2D eigenvalue weighted by Crippen LogP contribution is -1.88. The molecule has 15 heavy (non-hydrogen) atoms. The summed E-state index contributed by atoms with van der Waals surface area (Å²) in [6.07, 6.45) is 3.43. The van der Waals surface area contributed by atoms with Crippen molar-refractivity contribution in [3.63, 3.8) is 0 Å². The van der Waals surface area contributed by atoms with Gasteiger partial charge in [0.2, 0.25) is 0 Å². The van der Waals surface area contributed by atoms with E-state index in [4.69, 9.17) is 0 Å². The summed E-state index contributed by atoms with van der Waals surface area (Å²) in [7, 11) is 0. The van der Waals surface area contributed by atoms with E-state index in [-0.39, 0.29) is 0 Å². The number of hydrogen-bond donors (Lipinski definition) is 0. The van der Waals surface area contributed by atoms with Crippen molar-refractivity contribution in [3.05, 3.63) is 29.8 Å². The molecule has 0 amide bonds. The highest BCUT2D eigenvalue weighted by atomic mass is 32.2. The van der Waals surface area contributed by atoms with Gasteiger partial charge in [0, 0.05) is 10.5 Å². The summed E-state index contributed by atoms with van der Waals surface area (Å²) in [5, 5.41) is 0. The highest BCUT2D eigenvalue weighted by Gasteiger charge is 1.97. The second-order valence-corrected chi connectivity index (χ2v) is 5.24. The smallest absolute Gasteiger partial charge is 0.150 e. The van der Waals surface area contributed by atoms with E-state index < -0.39 is 0 Å². The lowest BCUT2D eigenvalue weighted by atomic mass is 10.1. The second-order valence-electron chi connectivity index (χ2n) is 4.07. The molecule has 0 aliphatic carbocycles. The van der Waals surface area contributed by atoms with E-state index in [0.29, 0.717) is 0 Å². The maximum Gasteiger partial charge on any atom is 0.150 e. The summed E-state index contributed by atoms with van der Waals surface area (Å²) in [6.45, 7) is 4.51. The summed E-state index contributed by atoms with van der Waals surface area (Å²) in [5.41, 5.74) is 0.751. The Labute approximate surface area is 96.3 Å². The van der Waals surface area contributed by atoms with Crippen LogP contribution in [0, 0.1) is 5.92 Å². The van der Waals surface area contributed by atoms with E-state index in [1.165, 1.54) is 23.5 Å². The van der Waals surface area contributed by atoms with Crippen molar-refractivity contribution in [1.82, 2.24) is 0 Å². The SMILES string of the molecule is CC(C)CCCSc1ccc(C=O)cc1. The van der Waals surface area contributed by atoms with Crippen LogP contribution in [0.1, 0.15) is 37.0 Å². The summed E-state index contributed by atoms with van der Waals surface area (Å²) in [5.74, 6) is 1.96. The number of rotatable bonds is 6. The first-order valence-electron chi connectivity index (χ1n) is 5.40. The Kier molecular flexibility index (Phi) is 5.48. The lowest BCUT2D eigenvalue weighted by Gasteiger charge is -2.04. The number of carbonyl (C=O) groups excluding carboxylic acids is 1. The van der Waals surface area contributed by atoms with Crippen LogP contribution in [0.2, 0.25) is 0 Å². The average molecular weight is 222 g/mol. The Hall–Kier alpha value is -0.760. The molecule has 0 bridgehead atoms. The zero-order valence-electron chi connectivity index (χ0n) is 9.40. The predicted molar refractivity (Wildman–Crippen MR) is 66.6 cm³/mol. The Bertz CT molecular complexity index is 290. The highest BCUT2D eigenvalue weighted by Crippen LogP contribution is 2.20. The van der Waals surface area contributed by atoms with Crippen LogP contribution in [0.25, 0.3) is 0 Å². The molecule has 0 saturated heterocycles. The molecular formula is C13H18OS. The topological polar surface area (TPSA) is 17.1 Å². The molecule has 0 atom stereocenters. The fourth-order valence-corrected chi connectivity index (χ4v) is 2.20. The molecule has 2 heteroatoms. The number of thioether (sulfide) groups is 1. The van der Waals surface area contributed by atoms with Gasteiger partial charge in [0.05, 0.1) is 0 Å². The summed E-state index contributed by atoms with van der Waals surface area (Å²) in [4.78, 5) is 11.7. The molecular weight excluding hydrogens is 204 g/mol. The van der Waals surface area contributed by atoms with Crippen molar-refractivity contribution in [3.8, 4) is 0 Å². The van der Waals surface area contributed by atoms with Gasteiger partial charge in [-0.05, 0) is 30.2 Å². The number of carbonyl (C=O) groups is 1. The van der Waals surface area contributed by atoms with Gasteiger partial charge in [0.1, 0.15) is 6.29 Å². The van der Waals surface area contributed by atoms with Gasteiger partial charge in [-0.1, -0.05) is 32.4 Å². The Morgan fingerprint density at radius 1 is 1.27 bits per heavy atom. The number of hydrogen-bond acceptors (Lipinski definition) is 2. The van der Waals surface area contributed by atoms with Crippen molar-refractivity contribution >= 4 is 18.0 Å². The maximum absolute atomic E-state index is 10.4. The quantitative estimate of drug-likeness (QED) is 0.411. The van der Waals surface area contributed by atoms with Crippen LogP contribution in [0.15, 0.2) is 29.2 Å². The minimum Gasteiger partial charge on any atom is -0.298 e. The Morgan fingerprint density at radius 2 is 1.93 bits per heavy atom. The molecule has 0 aliphatic rings. The van der Waals surface area contributed by atoms with Gasteiger partial charge < -0.3 is 0 Å². The van der Waals surface area contributed by atoms with Crippen LogP contribution in [-0.2, 0) is 0 Å². The first-order valence-corrected chi connectivity index (χ1v) is 6.39.